The molecule has 3 aromatic rings. The number of hydrogen-bond donors (Lipinski definition) is 0. The molecule has 1 aromatic carbocycles. The number of amides is 1. The standard InChI is InChI=1S/C22H23N3O2/c26-22(20-6-3-4-10-23-20)25-13-16-8-9-18(14-25)24(12-16)15-19-11-17-5-1-2-7-21(17)27-19/h1-7,10-11,16,18H,8-9,12-15H2/t16-,18-/m0/s1. The molecule has 3 saturated heterocycles. The zero-order chi connectivity index (χ0) is 18.2. The van der Waals surface area contributed by atoms with E-state index in [2.05, 4.69) is 22.0 Å². The molecule has 0 radical (unpaired) electrons. The summed E-state index contributed by atoms with van der Waals surface area (Å²) in [7, 11) is 0. The van der Waals surface area contributed by atoms with E-state index in [0.29, 0.717) is 17.7 Å². The van der Waals surface area contributed by atoms with Gasteiger partial charge in [-0.15, -0.1) is 0 Å². The molecule has 2 atom stereocenters. The first kappa shape index (κ1) is 16.5. The van der Waals surface area contributed by atoms with Crippen LogP contribution in [0.15, 0.2) is 59.1 Å². The maximum atomic E-state index is 12.9. The summed E-state index contributed by atoms with van der Waals surface area (Å²) in [6.07, 6.45) is 4.01. The molecular formula is C22H23N3O2. The third-order valence-corrected chi connectivity index (χ3v) is 5.83. The second kappa shape index (κ2) is 6.82. The van der Waals surface area contributed by atoms with Crippen LogP contribution in [-0.4, -0.2) is 46.4 Å². The third kappa shape index (κ3) is 3.23. The molecule has 0 N–H and O–H groups in total. The maximum absolute atomic E-state index is 12.9. The average Bonchev–Trinajstić information content (AvgIpc) is 2.89. The Hall–Kier alpha value is -2.66. The molecule has 138 valence electrons. The van der Waals surface area contributed by atoms with Crippen molar-refractivity contribution in [3.8, 4) is 0 Å². The van der Waals surface area contributed by atoms with E-state index in [0.717, 1.165) is 49.3 Å². The molecule has 5 heteroatoms. The molecule has 5 heterocycles. The van der Waals surface area contributed by atoms with E-state index in [4.69, 9.17) is 4.42 Å². The highest BCUT2D eigenvalue weighted by molar-refractivity contribution is 5.92. The Morgan fingerprint density at radius 2 is 1.96 bits per heavy atom. The number of aromatic nitrogens is 1. The average molecular weight is 361 g/mol. The number of piperidine rings is 1. The highest BCUT2D eigenvalue weighted by atomic mass is 16.3. The molecule has 2 bridgehead atoms. The van der Waals surface area contributed by atoms with Crippen LogP contribution >= 0.6 is 0 Å². The van der Waals surface area contributed by atoms with Gasteiger partial charge in [-0.2, -0.15) is 0 Å². The summed E-state index contributed by atoms with van der Waals surface area (Å²) in [5, 5.41) is 1.15. The molecule has 6 rings (SSSR count). The lowest BCUT2D eigenvalue weighted by atomic mass is 9.95. The van der Waals surface area contributed by atoms with Gasteiger partial charge in [0.15, 0.2) is 0 Å². The number of fused-ring (bicyclic) bond motifs is 5. The molecule has 2 aromatic heterocycles. The van der Waals surface area contributed by atoms with Gasteiger partial charge in [0, 0.05) is 37.3 Å². The molecule has 27 heavy (non-hydrogen) atoms. The van der Waals surface area contributed by atoms with Crippen molar-refractivity contribution in [2.45, 2.75) is 25.4 Å². The van der Waals surface area contributed by atoms with E-state index in [-0.39, 0.29) is 5.91 Å². The number of carbonyl (C=O) groups excluding carboxylic acids is 1. The Balaban J connectivity index is 1.34. The number of nitrogens with zero attached hydrogens (tertiary/aromatic N) is 3. The minimum atomic E-state index is 0.0538. The topological polar surface area (TPSA) is 49.6 Å². The number of para-hydroxylation sites is 1. The Morgan fingerprint density at radius 3 is 2.81 bits per heavy atom. The van der Waals surface area contributed by atoms with Crippen LogP contribution in [0.1, 0.15) is 29.1 Å². The van der Waals surface area contributed by atoms with E-state index < -0.39 is 0 Å². The first-order chi connectivity index (χ1) is 13.3. The van der Waals surface area contributed by atoms with Crippen molar-refractivity contribution in [3.63, 3.8) is 0 Å². The lowest BCUT2D eigenvalue weighted by Crippen LogP contribution is -2.43. The second-order valence-electron chi connectivity index (χ2n) is 7.70. The summed E-state index contributed by atoms with van der Waals surface area (Å²) in [5.74, 6) is 1.57. The van der Waals surface area contributed by atoms with Gasteiger partial charge in [-0.1, -0.05) is 24.3 Å². The van der Waals surface area contributed by atoms with E-state index in [1.165, 1.54) is 6.42 Å². The Kier molecular flexibility index (Phi) is 4.17. The normalized spacial score (nSPS) is 22.9. The fraction of sp³-hybridized carbons (Fsp3) is 0.364. The monoisotopic (exact) mass is 361 g/mol. The van der Waals surface area contributed by atoms with E-state index in [1.54, 1.807) is 12.3 Å². The van der Waals surface area contributed by atoms with Crippen molar-refractivity contribution >= 4 is 16.9 Å². The summed E-state index contributed by atoms with van der Waals surface area (Å²) in [4.78, 5) is 21.6. The summed E-state index contributed by atoms with van der Waals surface area (Å²) in [6.45, 7) is 3.42. The molecule has 0 saturated carbocycles. The molecular weight excluding hydrogens is 338 g/mol. The molecule has 3 aliphatic rings. The summed E-state index contributed by atoms with van der Waals surface area (Å²) in [5.41, 5.74) is 1.49. The van der Waals surface area contributed by atoms with Crippen LogP contribution in [-0.2, 0) is 6.54 Å². The van der Waals surface area contributed by atoms with E-state index in [1.807, 2.05) is 35.2 Å². The van der Waals surface area contributed by atoms with E-state index >= 15 is 0 Å². The van der Waals surface area contributed by atoms with Crippen molar-refractivity contribution < 1.29 is 9.21 Å². The quantitative estimate of drug-likeness (QED) is 0.716. The maximum Gasteiger partial charge on any atom is 0.272 e. The molecule has 0 unspecified atom stereocenters. The van der Waals surface area contributed by atoms with Gasteiger partial charge in [-0.05, 0) is 43.0 Å². The Bertz CT molecular complexity index is 919. The predicted molar refractivity (Wildman–Crippen MR) is 103 cm³/mol. The van der Waals surface area contributed by atoms with Crippen LogP contribution in [0.2, 0.25) is 0 Å². The molecule has 0 aliphatic carbocycles. The van der Waals surface area contributed by atoms with Crippen molar-refractivity contribution in [2.75, 3.05) is 19.6 Å². The van der Waals surface area contributed by atoms with Gasteiger partial charge in [0.25, 0.3) is 5.91 Å². The summed E-state index contributed by atoms with van der Waals surface area (Å²) >= 11 is 0. The minimum Gasteiger partial charge on any atom is -0.460 e. The van der Waals surface area contributed by atoms with Gasteiger partial charge in [0.1, 0.15) is 17.0 Å². The molecule has 5 nitrogen and oxygen atoms in total. The lowest BCUT2D eigenvalue weighted by molar-refractivity contribution is 0.0728. The van der Waals surface area contributed by atoms with Crippen LogP contribution in [0, 0.1) is 5.92 Å². The lowest BCUT2D eigenvalue weighted by Gasteiger charge is -2.35. The SMILES string of the molecule is O=C(c1ccccn1)N1C[C@H]2CC[C@@H](C1)N(Cc1cc3ccccc3o1)C2. The second-order valence-corrected chi connectivity index (χ2v) is 7.70. The van der Waals surface area contributed by atoms with Crippen LogP contribution in [0.4, 0.5) is 0 Å². The van der Waals surface area contributed by atoms with Gasteiger partial charge in [-0.25, -0.2) is 0 Å². The fourth-order valence-electron chi connectivity index (χ4n) is 4.50. The molecule has 0 spiro atoms. The zero-order valence-electron chi connectivity index (χ0n) is 15.3. The number of furan rings is 1. The fourth-order valence-corrected chi connectivity index (χ4v) is 4.50. The highest BCUT2D eigenvalue weighted by Gasteiger charge is 2.37. The van der Waals surface area contributed by atoms with Crippen LogP contribution in [0.3, 0.4) is 0 Å². The minimum absolute atomic E-state index is 0.0538. The van der Waals surface area contributed by atoms with Gasteiger partial charge >= 0.3 is 0 Å². The van der Waals surface area contributed by atoms with E-state index in [9.17, 15) is 4.79 Å². The van der Waals surface area contributed by atoms with Crippen molar-refractivity contribution in [2.24, 2.45) is 5.92 Å². The van der Waals surface area contributed by atoms with Gasteiger partial charge in [-0.3, -0.25) is 14.7 Å². The van der Waals surface area contributed by atoms with Gasteiger partial charge < -0.3 is 9.32 Å². The largest absolute Gasteiger partial charge is 0.460 e. The highest BCUT2D eigenvalue weighted by Crippen LogP contribution is 2.31. The molecule has 1 amide bonds. The number of pyridine rings is 1. The van der Waals surface area contributed by atoms with Crippen molar-refractivity contribution in [1.29, 1.82) is 0 Å². The van der Waals surface area contributed by atoms with Crippen molar-refractivity contribution in [1.82, 2.24) is 14.8 Å². The van der Waals surface area contributed by atoms with Gasteiger partial charge in [0.05, 0.1) is 6.54 Å². The van der Waals surface area contributed by atoms with Gasteiger partial charge in [0.2, 0.25) is 0 Å². The number of benzene rings is 1. The number of hydrogen-bond acceptors (Lipinski definition) is 4. The first-order valence-electron chi connectivity index (χ1n) is 9.68. The third-order valence-electron chi connectivity index (χ3n) is 5.83. The predicted octanol–water partition coefficient (Wildman–Crippen LogP) is 3.56. The van der Waals surface area contributed by atoms with Crippen LogP contribution in [0.5, 0.6) is 0 Å². The number of carbonyl (C=O) groups is 1. The first-order valence-corrected chi connectivity index (χ1v) is 9.68. The smallest absolute Gasteiger partial charge is 0.272 e. The Labute approximate surface area is 158 Å². The van der Waals surface area contributed by atoms with Crippen LogP contribution < -0.4 is 0 Å². The zero-order valence-corrected chi connectivity index (χ0v) is 15.3. The van der Waals surface area contributed by atoms with Crippen LogP contribution in [0.25, 0.3) is 11.0 Å². The Morgan fingerprint density at radius 1 is 1.07 bits per heavy atom. The van der Waals surface area contributed by atoms with Crippen molar-refractivity contribution in [3.05, 3.63) is 66.2 Å². The molecule has 3 aliphatic heterocycles. The summed E-state index contributed by atoms with van der Waals surface area (Å²) in [6, 6.07) is 16.2. The number of rotatable bonds is 3. The summed E-state index contributed by atoms with van der Waals surface area (Å²) < 4.78 is 6.03. The molecule has 3 fully saturated rings.